The Bertz CT molecular complexity index is 774. The molecule has 126 valence electrons. The van der Waals surface area contributed by atoms with Crippen molar-refractivity contribution in [1.29, 1.82) is 0 Å². The highest BCUT2D eigenvalue weighted by Gasteiger charge is 2.67. The Morgan fingerprint density at radius 1 is 1.25 bits per heavy atom. The van der Waals surface area contributed by atoms with Crippen LogP contribution in [-0.2, 0) is 11.3 Å². The van der Waals surface area contributed by atoms with E-state index in [1.807, 2.05) is 6.07 Å². The molecule has 0 radical (unpaired) electrons. The zero-order valence-corrected chi connectivity index (χ0v) is 14.4. The van der Waals surface area contributed by atoms with Gasteiger partial charge in [0.25, 0.3) is 5.91 Å². The fourth-order valence-corrected chi connectivity index (χ4v) is 3.09. The summed E-state index contributed by atoms with van der Waals surface area (Å²) in [7, 11) is 0. The van der Waals surface area contributed by atoms with Gasteiger partial charge in [-0.1, -0.05) is 12.1 Å². The van der Waals surface area contributed by atoms with Gasteiger partial charge in [-0.05, 0) is 43.2 Å². The van der Waals surface area contributed by atoms with Crippen LogP contribution in [0.3, 0.4) is 0 Å². The molecule has 24 heavy (non-hydrogen) atoms. The highest BCUT2D eigenvalue weighted by Crippen LogP contribution is 2.63. The van der Waals surface area contributed by atoms with Crippen molar-refractivity contribution in [1.82, 2.24) is 5.32 Å². The molecular formula is C17H16Cl2N2O3. The lowest BCUT2D eigenvalue weighted by Gasteiger charge is -2.13. The van der Waals surface area contributed by atoms with Gasteiger partial charge in [0.15, 0.2) is 5.76 Å². The second-order valence-corrected chi connectivity index (χ2v) is 7.51. The number of alkyl halides is 2. The molecule has 2 N–H and O–H groups in total. The molecule has 1 unspecified atom stereocenters. The first-order chi connectivity index (χ1) is 11.3. The minimum absolute atomic E-state index is 0.183. The minimum atomic E-state index is -0.990. The number of furan rings is 1. The highest BCUT2D eigenvalue weighted by molar-refractivity contribution is 6.53. The van der Waals surface area contributed by atoms with Crippen molar-refractivity contribution in [3.05, 3.63) is 54.0 Å². The van der Waals surface area contributed by atoms with Crippen LogP contribution >= 0.6 is 23.2 Å². The average molecular weight is 367 g/mol. The Balaban J connectivity index is 1.60. The molecule has 0 saturated heterocycles. The number of hydrogen-bond donors (Lipinski definition) is 2. The number of anilines is 1. The molecule has 1 heterocycles. The van der Waals surface area contributed by atoms with Gasteiger partial charge in [0.1, 0.15) is 4.33 Å². The van der Waals surface area contributed by atoms with Crippen molar-refractivity contribution in [2.45, 2.75) is 24.2 Å². The van der Waals surface area contributed by atoms with Gasteiger partial charge in [-0.2, -0.15) is 0 Å². The van der Waals surface area contributed by atoms with E-state index in [4.69, 9.17) is 27.6 Å². The van der Waals surface area contributed by atoms with Crippen LogP contribution in [0.4, 0.5) is 5.69 Å². The van der Waals surface area contributed by atoms with E-state index < -0.39 is 9.75 Å². The number of hydrogen-bond acceptors (Lipinski definition) is 3. The third kappa shape index (κ3) is 3.28. The van der Waals surface area contributed by atoms with Crippen LogP contribution in [-0.4, -0.2) is 16.1 Å². The number of benzene rings is 1. The summed E-state index contributed by atoms with van der Waals surface area (Å²) >= 11 is 12.0. The second kappa shape index (κ2) is 6.15. The van der Waals surface area contributed by atoms with E-state index in [0.29, 0.717) is 18.7 Å². The molecule has 0 aliphatic heterocycles. The van der Waals surface area contributed by atoms with Gasteiger partial charge in [0, 0.05) is 12.2 Å². The quantitative estimate of drug-likeness (QED) is 0.791. The van der Waals surface area contributed by atoms with Gasteiger partial charge >= 0.3 is 0 Å². The molecule has 1 fully saturated rings. The van der Waals surface area contributed by atoms with E-state index in [9.17, 15) is 9.59 Å². The Morgan fingerprint density at radius 3 is 2.62 bits per heavy atom. The van der Waals surface area contributed by atoms with Gasteiger partial charge in [-0.3, -0.25) is 9.59 Å². The molecule has 5 nitrogen and oxygen atoms in total. The summed E-state index contributed by atoms with van der Waals surface area (Å²) in [4.78, 5) is 24.1. The van der Waals surface area contributed by atoms with E-state index in [-0.39, 0.29) is 17.6 Å². The van der Waals surface area contributed by atoms with E-state index in [2.05, 4.69) is 10.6 Å². The van der Waals surface area contributed by atoms with Crippen LogP contribution < -0.4 is 10.6 Å². The molecule has 1 saturated carbocycles. The number of carbonyl (C=O) groups excluding carboxylic acids is 2. The SMILES string of the molecule is CC1(C(=O)NCc2cccc(NC(=O)c3ccco3)c2)CC1(Cl)Cl. The molecule has 0 spiro atoms. The first-order valence-corrected chi connectivity index (χ1v) is 8.17. The van der Waals surface area contributed by atoms with Crippen molar-refractivity contribution in [3.63, 3.8) is 0 Å². The molecule has 2 amide bonds. The fraction of sp³-hybridized carbons (Fsp3) is 0.294. The Morgan fingerprint density at radius 2 is 2.00 bits per heavy atom. The van der Waals surface area contributed by atoms with Gasteiger partial charge in [-0.25, -0.2) is 0 Å². The first kappa shape index (κ1) is 16.9. The van der Waals surface area contributed by atoms with Crippen molar-refractivity contribution in [2.75, 3.05) is 5.32 Å². The van der Waals surface area contributed by atoms with Crippen LogP contribution in [0, 0.1) is 5.41 Å². The number of amides is 2. The maximum atomic E-state index is 12.2. The lowest BCUT2D eigenvalue weighted by molar-refractivity contribution is -0.125. The van der Waals surface area contributed by atoms with Gasteiger partial charge in [0.05, 0.1) is 11.7 Å². The summed E-state index contributed by atoms with van der Waals surface area (Å²) in [5.41, 5.74) is 0.714. The average Bonchev–Trinajstić information content (AvgIpc) is 2.94. The number of halogens is 2. The molecule has 2 aromatic rings. The van der Waals surface area contributed by atoms with Crippen LogP contribution in [0.5, 0.6) is 0 Å². The van der Waals surface area contributed by atoms with Gasteiger partial charge in [0.2, 0.25) is 5.91 Å². The van der Waals surface area contributed by atoms with E-state index >= 15 is 0 Å². The largest absolute Gasteiger partial charge is 0.459 e. The van der Waals surface area contributed by atoms with Crippen LogP contribution in [0.25, 0.3) is 0 Å². The summed E-state index contributed by atoms with van der Waals surface area (Å²) in [6, 6.07) is 10.4. The molecule has 0 bridgehead atoms. The minimum Gasteiger partial charge on any atom is -0.459 e. The van der Waals surface area contributed by atoms with E-state index in [0.717, 1.165) is 5.56 Å². The summed E-state index contributed by atoms with van der Waals surface area (Å²) in [6.45, 7) is 2.06. The van der Waals surface area contributed by atoms with E-state index in [1.165, 1.54) is 6.26 Å². The molecule has 1 aromatic heterocycles. The Hall–Kier alpha value is -1.98. The summed E-state index contributed by atoms with van der Waals surface area (Å²) < 4.78 is 4.06. The molecule has 7 heteroatoms. The molecule has 1 aliphatic rings. The smallest absolute Gasteiger partial charge is 0.291 e. The first-order valence-electron chi connectivity index (χ1n) is 7.42. The Kier molecular flexibility index (Phi) is 4.32. The lowest BCUT2D eigenvalue weighted by Crippen LogP contribution is -2.32. The van der Waals surface area contributed by atoms with Crippen LogP contribution in [0.1, 0.15) is 29.5 Å². The number of nitrogens with one attached hydrogen (secondary N) is 2. The summed E-state index contributed by atoms with van der Waals surface area (Å²) in [5.74, 6) is -0.283. The summed E-state index contributed by atoms with van der Waals surface area (Å²) in [6.07, 6.45) is 1.88. The molecule has 1 aromatic carbocycles. The third-order valence-electron chi connectivity index (χ3n) is 4.14. The van der Waals surface area contributed by atoms with Crippen LogP contribution in [0.15, 0.2) is 47.1 Å². The van der Waals surface area contributed by atoms with E-state index in [1.54, 1.807) is 37.3 Å². The number of rotatable bonds is 5. The second-order valence-electron chi connectivity index (χ2n) is 6.03. The maximum Gasteiger partial charge on any atom is 0.291 e. The normalized spacial score (nSPS) is 21.1. The number of carbonyl (C=O) groups is 2. The third-order valence-corrected chi connectivity index (χ3v) is 5.24. The molecule has 1 aliphatic carbocycles. The molecular weight excluding hydrogens is 351 g/mol. The fourth-order valence-electron chi connectivity index (χ4n) is 2.38. The standard InChI is InChI=1S/C17H16Cl2N2O3/c1-16(10-17(16,18)19)15(23)20-9-11-4-2-5-12(8-11)21-14(22)13-6-3-7-24-13/h2-8H,9-10H2,1H3,(H,20,23)(H,21,22). The van der Waals surface area contributed by atoms with Crippen molar-refractivity contribution in [3.8, 4) is 0 Å². The zero-order chi connectivity index (χ0) is 17.4. The maximum absolute atomic E-state index is 12.2. The van der Waals surface area contributed by atoms with Crippen molar-refractivity contribution >= 4 is 40.7 Å². The summed E-state index contributed by atoms with van der Waals surface area (Å²) in [5, 5.41) is 5.57. The predicted molar refractivity (Wildman–Crippen MR) is 92.1 cm³/mol. The molecule has 3 rings (SSSR count). The van der Waals surface area contributed by atoms with Crippen molar-refractivity contribution < 1.29 is 14.0 Å². The topological polar surface area (TPSA) is 71.3 Å². The van der Waals surface area contributed by atoms with Gasteiger partial charge in [-0.15, -0.1) is 23.2 Å². The highest BCUT2D eigenvalue weighted by atomic mass is 35.5. The van der Waals surface area contributed by atoms with Crippen LogP contribution in [0.2, 0.25) is 0 Å². The van der Waals surface area contributed by atoms with Crippen molar-refractivity contribution in [2.24, 2.45) is 5.41 Å². The monoisotopic (exact) mass is 366 g/mol. The Labute approximate surface area is 149 Å². The molecule has 1 atom stereocenters. The zero-order valence-electron chi connectivity index (χ0n) is 12.9. The predicted octanol–water partition coefficient (Wildman–Crippen LogP) is 3.73. The van der Waals surface area contributed by atoms with Gasteiger partial charge < -0.3 is 15.1 Å². The lowest BCUT2D eigenvalue weighted by atomic mass is 10.1.